The summed E-state index contributed by atoms with van der Waals surface area (Å²) >= 11 is 0. The Morgan fingerprint density at radius 2 is 1.23 bits per heavy atom. The van der Waals surface area contributed by atoms with Crippen LogP contribution in [-0.2, 0) is 22.7 Å². The molecule has 0 bridgehead atoms. The fourth-order valence-corrected chi connectivity index (χ4v) is 2.64. The van der Waals surface area contributed by atoms with Gasteiger partial charge in [-0.15, -0.1) is 0 Å². The highest BCUT2D eigenvalue weighted by Crippen LogP contribution is 2.28. The van der Waals surface area contributed by atoms with E-state index in [9.17, 15) is 0 Å². The van der Waals surface area contributed by atoms with Crippen molar-refractivity contribution in [3.05, 3.63) is 40.8 Å². The number of hydrogen-bond acceptors (Lipinski definition) is 5. The van der Waals surface area contributed by atoms with Gasteiger partial charge in [0.05, 0.1) is 0 Å². The van der Waals surface area contributed by atoms with E-state index in [1.807, 2.05) is 13.1 Å². The zero-order valence-corrected chi connectivity index (χ0v) is 18.0. The van der Waals surface area contributed by atoms with E-state index in [0.29, 0.717) is 0 Å². The third-order valence-electron chi connectivity index (χ3n) is 4.38. The van der Waals surface area contributed by atoms with Crippen molar-refractivity contribution in [3.8, 4) is 0 Å². The number of aromatic nitrogens is 5. The largest absolute Gasteiger partial charge is 0.241 e. The molecule has 0 aliphatic carbocycles. The quantitative estimate of drug-likeness (QED) is 0.817. The topological polar surface area (TPSA) is 64.5 Å². The van der Waals surface area contributed by atoms with Gasteiger partial charge in [0.2, 0.25) is 0 Å². The molecule has 142 valence electrons. The van der Waals surface area contributed by atoms with Crippen molar-refractivity contribution < 1.29 is 0 Å². The molecular weight excluding hydrogens is 322 g/mol. The van der Waals surface area contributed by atoms with E-state index in [4.69, 9.17) is 9.97 Å². The minimum atomic E-state index is -0.248. The third kappa shape index (κ3) is 4.63. The maximum Gasteiger partial charge on any atom is 0.138 e. The maximum atomic E-state index is 4.87. The summed E-state index contributed by atoms with van der Waals surface area (Å²) in [5, 5.41) is 0. The molecule has 0 amide bonds. The van der Waals surface area contributed by atoms with Gasteiger partial charge in [-0.3, -0.25) is 0 Å². The average molecular weight is 356 g/mol. The maximum absolute atomic E-state index is 4.87. The van der Waals surface area contributed by atoms with Gasteiger partial charge in [0, 0.05) is 34.6 Å². The Morgan fingerprint density at radius 1 is 0.692 bits per heavy atom. The van der Waals surface area contributed by atoms with Gasteiger partial charge in [0.25, 0.3) is 0 Å². The molecule has 0 saturated carbocycles. The highest BCUT2D eigenvalue weighted by molar-refractivity contribution is 5.23. The van der Waals surface area contributed by atoms with Gasteiger partial charge in [-0.1, -0.05) is 55.4 Å². The van der Waals surface area contributed by atoms with E-state index >= 15 is 0 Å². The minimum Gasteiger partial charge on any atom is -0.241 e. The summed E-state index contributed by atoms with van der Waals surface area (Å²) in [6, 6.07) is 0. The molecule has 0 radical (unpaired) electrons. The molecule has 0 saturated heterocycles. The fourth-order valence-electron chi connectivity index (χ4n) is 2.64. The van der Waals surface area contributed by atoms with E-state index in [-0.39, 0.29) is 16.2 Å². The number of nitrogens with zero attached hydrogens (tertiary/aromatic N) is 5. The zero-order chi connectivity index (χ0) is 19.9. The molecule has 0 fully saturated rings. The first-order chi connectivity index (χ1) is 11.7. The van der Waals surface area contributed by atoms with E-state index in [1.54, 1.807) is 0 Å². The van der Waals surface area contributed by atoms with Gasteiger partial charge in [-0.05, 0) is 19.4 Å². The molecule has 2 aromatic rings. The Balaban J connectivity index is 2.45. The highest BCUT2D eigenvalue weighted by Gasteiger charge is 2.30. The van der Waals surface area contributed by atoms with Crippen molar-refractivity contribution in [2.75, 3.05) is 0 Å². The molecule has 0 spiro atoms. The van der Waals surface area contributed by atoms with E-state index in [2.05, 4.69) is 77.3 Å². The summed E-state index contributed by atoms with van der Waals surface area (Å²) < 4.78 is 0. The molecule has 5 nitrogen and oxygen atoms in total. The average Bonchev–Trinajstić information content (AvgIpc) is 2.46. The van der Waals surface area contributed by atoms with Gasteiger partial charge in [0.15, 0.2) is 0 Å². The molecule has 0 N–H and O–H groups in total. The van der Waals surface area contributed by atoms with E-state index in [1.165, 1.54) is 0 Å². The summed E-state index contributed by atoms with van der Waals surface area (Å²) in [6.45, 7) is 21.1. The second-order valence-electron chi connectivity index (χ2n) is 9.91. The lowest BCUT2D eigenvalue weighted by atomic mass is 9.85. The lowest BCUT2D eigenvalue weighted by Crippen LogP contribution is -2.29. The van der Waals surface area contributed by atoms with E-state index in [0.717, 1.165) is 41.0 Å². The third-order valence-corrected chi connectivity index (χ3v) is 4.38. The lowest BCUT2D eigenvalue weighted by molar-refractivity contribution is 0.450. The Kier molecular flexibility index (Phi) is 5.24. The standard InChI is InChI=1S/C21H33N5/c1-13-12-22-16(19(3,4)5)25-15(13)11-21(9,10)18-24-14(2)23-17(26-18)20(6,7)8/h12H,11H2,1-10H3. The Labute approximate surface area is 158 Å². The second kappa shape index (κ2) is 6.67. The molecule has 2 aromatic heterocycles. The van der Waals surface area contributed by atoms with Crippen LogP contribution in [0.4, 0.5) is 0 Å². The van der Waals surface area contributed by atoms with Crippen LogP contribution < -0.4 is 0 Å². The molecule has 0 aliphatic rings. The normalized spacial score (nSPS) is 13.2. The summed E-state index contributed by atoms with van der Waals surface area (Å²) in [5.74, 6) is 3.30. The highest BCUT2D eigenvalue weighted by atomic mass is 15.0. The predicted molar refractivity (Wildman–Crippen MR) is 105 cm³/mol. The monoisotopic (exact) mass is 355 g/mol. The first-order valence-electron chi connectivity index (χ1n) is 9.27. The van der Waals surface area contributed by atoms with Crippen LogP contribution in [0, 0.1) is 13.8 Å². The van der Waals surface area contributed by atoms with Crippen LogP contribution in [0.1, 0.15) is 89.9 Å². The zero-order valence-electron chi connectivity index (χ0n) is 18.0. The second-order valence-corrected chi connectivity index (χ2v) is 9.91. The first kappa shape index (κ1) is 20.4. The Hall–Kier alpha value is -1.91. The van der Waals surface area contributed by atoms with Crippen molar-refractivity contribution in [1.82, 2.24) is 24.9 Å². The number of aryl methyl sites for hydroxylation is 2. The summed E-state index contributed by atoms with van der Waals surface area (Å²) in [4.78, 5) is 23.4. The summed E-state index contributed by atoms with van der Waals surface area (Å²) in [5.41, 5.74) is 1.73. The lowest BCUT2D eigenvalue weighted by Gasteiger charge is -2.26. The summed E-state index contributed by atoms with van der Waals surface area (Å²) in [7, 11) is 0. The minimum absolute atomic E-state index is 0.0737. The molecule has 2 rings (SSSR count). The van der Waals surface area contributed by atoms with Crippen LogP contribution in [0.3, 0.4) is 0 Å². The van der Waals surface area contributed by atoms with Crippen LogP contribution in [0.5, 0.6) is 0 Å². The molecule has 2 heterocycles. The molecular formula is C21H33N5. The molecule has 0 atom stereocenters. The first-order valence-corrected chi connectivity index (χ1v) is 9.27. The van der Waals surface area contributed by atoms with Gasteiger partial charge in [-0.2, -0.15) is 0 Å². The fraction of sp³-hybridized carbons (Fsp3) is 0.667. The molecule has 0 unspecified atom stereocenters. The van der Waals surface area contributed by atoms with Crippen LogP contribution >= 0.6 is 0 Å². The molecule has 5 heteroatoms. The predicted octanol–water partition coefficient (Wildman–Crippen LogP) is 4.39. The number of rotatable bonds is 3. The van der Waals surface area contributed by atoms with E-state index < -0.39 is 0 Å². The Morgan fingerprint density at radius 3 is 1.77 bits per heavy atom. The van der Waals surface area contributed by atoms with Crippen molar-refractivity contribution in [2.45, 2.75) is 91.9 Å². The van der Waals surface area contributed by atoms with Crippen molar-refractivity contribution >= 4 is 0 Å². The smallest absolute Gasteiger partial charge is 0.138 e. The van der Waals surface area contributed by atoms with Gasteiger partial charge < -0.3 is 0 Å². The van der Waals surface area contributed by atoms with Crippen molar-refractivity contribution in [3.63, 3.8) is 0 Å². The van der Waals surface area contributed by atoms with Crippen LogP contribution in [0.15, 0.2) is 6.20 Å². The molecule has 26 heavy (non-hydrogen) atoms. The SMILES string of the molecule is Cc1nc(C(C)(C)C)nc(C(C)(C)Cc2nc(C(C)(C)C)ncc2C)n1. The van der Waals surface area contributed by atoms with Gasteiger partial charge in [0.1, 0.15) is 23.3 Å². The van der Waals surface area contributed by atoms with Crippen molar-refractivity contribution in [1.29, 1.82) is 0 Å². The summed E-state index contributed by atoms with van der Waals surface area (Å²) in [6.07, 6.45) is 2.69. The molecule has 0 aromatic carbocycles. The number of hydrogen-bond donors (Lipinski definition) is 0. The molecule has 0 aliphatic heterocycles. The van der Waals surface area contributed by atoms with Crippen LogP contribution in [0.2, 0.25) is 0 Å². The Bertz CT molecular complexity index is 795. The van der Waals surface area contributed by atoms with Gasteiger partial charge in [-0.25, -0.2) is 24.9 Å². The van der Waals surface area contributed by atoms with Crippen LogP contribution in [-0.4, -0.2) is 24.9 Å². The van der Waals surface area contributed by atoms with Crippen molar-refractivity contribution in [2.24, 2.45) is 0 Å². The van der Waals surface area contributed by atoms with Gasteiger partial charge >= 0.3 is 0 Å². The van der Waals surface area contributed by atoms with Crippen LogP contribution in [0.25, 0.3) is 0 Å².